The van der Waals surface area contributed by atoms with Gasteiger partial charge in [-0.3, -0.25) is 9.59 Å². The molecule has 5 rings (SSSR count). The van der Waals surface area contributed by atoms with Crippen LogP contribution in [0.1, 0.15) is 32.6 Å². The number of allylic oxidation sites excluding steroid dienone is 1. The Labute approximate surface area is 140 Å². The number of rotatable bonds is 1. The molecular formula is C19H22O5. The Morgan fingerprint density at radius 2 is 2.17 bits per heavy atom. The number of carbonyl (C=O) groups excluding carboxylic acids is 1. The van der Waals surface area contributed by atoms with Crippen LogP contribution >= 0.6 is 0 Å². The van der Waals surface area contributed by atoms with Gasteiger partial charge in [0.15, 0.2) is 0 Å². The van der Waals surface area contributed by atoms with Gasteiger partial charge in [0.25, 0.3) is 0 Å². The van der Waals surface area contributed by atoms with E-state index in [0.717, 1.165) is 24.8 Å². The molecule has 1 aliphatic heterocycles. The van der Waals surface area contributed by atoms with Crippen LogP contribution in [0.2, 0.25) is 0 Å². The standard InChI is InChI=1S/C19H22O5/c1-9-7-18-8-10(9)3-4-11(18)19-6-5-12(20)17(2,16(23)24-19)14(19)13(18)15(21)22/h5-6,10-14,20H,1,3-4,7-8H2,2H3,(H,21,22)/t10?,11-,12?,13-,14-,17-,18+,19-/m1/s1. The molecular weight excluding hydrogens is 308 g/mol. The summed E-state index contributed by atoms with van der Waals surface area (Å²) < 4.78 is 5.92. The summed E-state index contributed by atoms with van der Waals surface area (Å²) in [7, 11) is 0. The Hall–Kier alpha value is -1.62. The van der Waals surface area contributed by atoms with Crippen LogP contribution in [0, 0.1) is 34.5 Å². The van der Waals surface area contributed by atoms with Crippen LogP contribution < -0.4 is 0 Å². The Morgan fingerprint density at radius 3 is 2.88 bits per heavy atom. The highest BCUT2D eigenvalue weighted by atomic mass is 16.6. The molecule has 24 heavy (non-hydrogen) atoms. The smallest absolute Gasteiger partial charge is 0.316 e. The van der Waals surface area contributed by atoms with Gasteiger partial charge >= 0.3 is 11.9 Å². The van der Waals surface area contributed by atoms with Gasteiger partial charge in [-0.2, -0.15) is 0 Å². The first-order valence-electron chi connectivity index (χ1n) is 8.79. The molecule has 8 atom stereocenters. The van der Waals surface area contributed by atoms with Crippen molar-refractivity contribution in [2.75, 3.05) is 0 Å². The molecule has 4 aliphatic carbocycles. The maximum atomic E-state index is 12.7. The Morgan fingerprint density at radius 1 is 1.42 bits per heavy atom. The summed E-state index contributed by atoms with van der Waals surface area (Å²) in [6.45, 7) is 5.88. The molecule has 4 bridgehead atoms. The van der Waals surface area contributed by atoms with E-state index in [0.29, 0.717) is 12.3 Å². The lowest BCUT2D eigenvalue weighted by Crippen LogP contribution is -2.50. The van der Waals surface area contributed by atoms with E-state index in [-0.39, 0.29) is 5.92 Å². The van der Waals surface area contributed by atoms with Crippen molar-refractivity contribution >= 4 is 11.9 Å². The fourth-order valence-electron chi connectivity index (χ4n) is 7.14. The van der Waals surface area contributed by atoms with Crippen molar-refractivity contribution in [1.82, 2.24) is 0 Å². The maximum Gasteiger partial charge on any atom is 0.316 e. The average Bonchev–Trinajstić information content (AvgIpc) is 2.98. The highest BCUT2D eigenvalue weighted by Crippen LogP contribution is 2.76. The van der Waals surface area contributed by atoms with E-state index in [1.165, 1.54) is 0 Å². The first kappa shape index (κ1) is 14.7. The van der Waals surface area contributed by atoms with Gasteiger partial charge in [0.2, 0.25) is 0 Å². The summed E-state index contributed by atoms with van der Waals surface area (Å²) in [5.74, 6) is -2.12. The van der Waals surface area contributed by atoms with Crippen molar-refractivity contribution in [2.24, 2.45) is 34.5 Å². The van der Waals surface area contributed by atoms with E-state index in [1.54, 1.807) is 13.0 Å². The number of ether oxygens (including phenoxy) is 1. The molecule has 1 spiro atoms. The van der Waals surface area contributed by atoms with Gasteiger partial charge in [-0.25, -0.2) is 0 Å². The fourth-order valence-corrected chi connectivity index (χ4v) is 7.14. The third kappa shape index (κ3) is 1.25. The Kier molecular flexibility index (Phi) is 2.42. The number of fused-ring (bicyclic) bond motifs is 1. The summed E-state index contributed by atoms with van der Waals surface area (Å²) >= 11 is 0. The van der Waals surface area contributed by atoms with Crippen molar-refractivity contribution < 1.29 is 24.5 Å². The normalized spacial score (nSPS) is 56.8. The van der Waals surface area contributed by atoms with Crippen LogP contribution in [-0.4, -0.2) is 33.9 Å². The van der Waals surface area contributed by atoms with E-state index >= 15 is 0 Å². The molecule has 2 N–H and O–H groups in total. The number of aliphatic hydroxyl groups is 1. The van der Waals surface area contributed by atoms with Gasteiger partial charge in [-0.1, -0.05) is 18.2 Å². The maximum absolute atomic E-state index is 12.7. The van der Waals surface area contributed by atoms with Crippen LogP contribution in [0.15, 0.2) is 24.3 Å². The number of carbonyl (C=O) groups is 2. The minimum atomic E-state index is -1.18. The lowest BCUT2D eigenvalue weighted by atomic mass is 9.61. The molecule has 5 nitrogen and oxygen atoms in total. The minimum absolute atomic E-state index is 0.00104. The third-order valence-corrected chi connectivity index (χ3v) is 8.02. The van der Waals surface area contributed by atoms with Gasteiger partial charge in [-0.15, -0.1) is 0 Å². The summed E-state index contributed by atoms with van der Waals surface area (Å²) in [6.07, 6.45) is 5.83. The Bertz CT molecular complexity index is 725. The molecule has 0 aromatic rings. The van der Waals surface area contributed by atoms with Crippen molar-refractivity contribution in [1.29, 1.82) is 0 Å². The molecule has 5 heteroatoms. The number of carboxylic acids is 1. The topological polar surface area (TPSA) is 83.8 Å². The largest absolute Gasteiger partial charge is 0.481 e. The number of hydrogen-bond donors (Lipinski definition) is 2. The van der Waals surface area contributed by atoms with Crippen LogP contribution in [-0.2, 0) is 14.3 Å². The van der Waals surface area contributed by atoms with Crippen molar-refractivity contribution in [3.8, 4) is 0 Å². The zero-order chi connectivity index (χ0) is 17.1. The number of aliphatic carboxylic acids is 1. The zero-order valence-electron chi connectivity index (χ0n) is 13.7. The molecule has 0 amide bonds. The molecule has 0 aromatic carbocycles. The SMILES string of the molecule is C=C1C[C@]23CC1CC[C@H]2[C@@]12C=CC(O)[C@@](C)(C(=O)O1)[C@H]2[C@@H]3C(=O)O. The van der Waals surface area contributed by atoms with E-state index in [1.807, 2.05) is 6.08 Å². The van der Waals surface area contributed by atoms with E-state index in [2.05, 4.69) is 6.58 Å². The molecule has 3 saturated carbocycles. The van der Waals surface area contributed by atoms with Gasteiger partial charge in [-0.05, 0) is 50.0 Å². The van der Waals surface area contributed by atoms with Gasteiger partial charge in [0, 0.05) is 11.8 Å². The number of aliphatic hydroxyl groups excluding tert-OH is 1. The zero-order valence-corrected chi connectivity index (χ0v) is 13.7. The monoisotopic (exact) mass is 330 g/mol. The predicted molar refractivity (Wildman–Crippen MR) is 83.7 cm³/mol. The molecule has 128 valence electrons. The van der Waals surface area contributed by atoms with Crippen LogP contribution in [0.5, 0.6) is 0 Å². The highest BCUT2D eigenvalue weighted by molar-refractivity contribution is 5.86. The second-order valence-corrected chi connectivity index (χ2v) is 8.72. The molecule has 1 heterocycles. The lowest BCUT2D eigenvalue weighted by molar-refractivity contribution is -0.161. The molecule has 2 unspecified atom stereocenters. The molecule has 1 saturated heterocycles. The molecule has 5 aliphatic rings. The minimum Gasteiger partial charge on any atom is -0.481 e. The molecule has 4 fully saturated rings. The van der Waals surface area contributed by atoms with E-state index < -0.39 is 46.3 Å². The first-order chi connectivity index (χ1) is 11.3. The summed E-state index contributed by atoms with van der Waals surface area (Å²) in [5.41, 5.74) is -1.30. The van der Waals surface area contributed by atoms with E-state index in [4.69, 9.17) is 4.74 Å². The lowest BCUT2D eigenvalue weighted by Gasteiger charge is -2.42. The van der Waals surface area contributed by atoms with Gasteiger partial charge in [0.1, 0.15) is 11.0 Å². The predicted octanol–water partition coefficient (Wildman–Crippen LogP) is 1.91. The molecule has 0 radical (unpaired) electrons. The summed E-state index contributed by atoms with van der Waals surface area (Å²) in [5, 5.41) is 20.7. The van der Waals surface area contributed by atoms with Crippen molar-refractivity contribution in [2.45, 2.75) is 44.3 Å². The number of esters is 1. The average molecular weight is 330 g/mol. The summed E-state index contributed by atoms with van der Waals surface area (Å²) in [6, 6.07) is 0. The third-order valence-electron chi connectivity index (χ3n) is 8.02. The second kappa shape index (κ2) is 3.96. The van der Waals surface area contributed by atoms with Crippen LogP contribution in [0.3, 0.4) is 0 Å². The molecule has 0 aromatic heterocycles. The number of hydrogen-bond acceptors (Lipinski definition) is 4. The Balaban J connectivity index is 1.78. The van der Waals surface area contributed by atoms with Gasteiger partial charge in [0.05, 0.1) is 12.0 Å². The fraction of sp³-hybridized carbons (Fsp3) is 0.684. The van der Waals surface area contributed by atoms with Crippen LogP contribution in [0.25, 0.3) is 0 Å². The van der Waals surface area contributed by atoms with Crippen molar-refractivity contribution in [3.63, 3.8) is 0 Å². The van der Waals surface area contributed by atoms with Crippen molar-refractivity contribution in [3.05, 3.63) is 24.3 Å². The number of carboxylic acid groups (broad SMARTS) is 1. The highest BCUT2D eigenvalue weighted by Gasteiger charge is 2.82. The first-order valence-corrected chi connectivity index (χ1v) is 8.79. The van der Waals surface area contributed by atoms with Gasteiger partial charge < -0.3 is 14.9 Å². The van der Waals surface area contributed by atoms with E-state index in [9.17, 15) is 19.8 Å². The second-order valence-electron chi connectivity index (χ2n) is 8.72. The van der Waals surface area contributed by atoms with Crippen LogP contribution in [0.4, 0.5) is 0 Å². The quantitative estimate of drug-likeness (QED) is 0.567. The summed E-state index contributed by atoms with van der Waals surface area (Å²) in [4.78, 5) is 25.0.